The Balaban J connectivity index is 1.59. The molecule has 1 aliphatic heterocycles. The third-order valence-electron chi connectivity index (χ3n) is 4.00. The van der Waals surface area contributed by atoms with E-state index in [2.05, 4.69) is 23.5 Å². The minimum Gasteiger partial charge on any atom is -0.457 e. The monoisotopic (exact) mass is 291 g/mol. The first-order valence-corrected chi connectivity index (χ1v) is 8.57. The summed E-state index contributed by atoms with van der Waals surface area (Å²) in [7, 11) is 0. The SMILES string of the molecule is O=C(CC1CSCCN1)OC1CCCc2ccccc21. The van der Waals surface area contributed by atoms with Crippen LogP contribution in [0.1, 0.15) is 36.5 Å². The molecule has 3 rings (SSSR count). The molecule has 4 heteroatoms. The van der Waals surface area contributed by atoms with Crippen molar-refractivity contribution in [1.29, 1.82) is 0 Å². The van der Waals surface area contributed by atoms with Crippen molar-refractivity contribution in [2.45, 2.75) is 37.8 Å². The molecule has 20 heavy (non-hydrogen) atoms. The molecule has 3 nitrogen and oxygen atoms in total. The first kappa shape index (κ1) is 14.0. The molecule has 1 aromatic carbocycles. The van der Waals surface area contributed by atoms with E-state index in [0.717, 1.165) is 37.3 Å². The standard InChI is InChI=1S/C16H21NO2S/c18-16(10-13-11-20-9-8-17-13)19-15-7-3-5-12-4-1-2-6-14(12)15/h1-2,4,6,13,15,17H,3,5,7-11H2. The maximum atomic E-state index is 12.1. The Morgan fingerprint density at radius 3 is 3.15 bits per heavy atom. The van der Waals surface area contributed by atoms with Crippen LogP contribution in [0.25, 0.3) is 0 Å². The smallest absolute Gasteiger partial charge is 0.308 e. The van der Waals surface area contributed by atoms with Gasteiger partial charge in [0.1, 0.15) is 6.10 Å². The van der Waals surface area contributed by atoms with Crippen molar-refractivity contribution in [3.8, 4) is 0 Å². The summed E-state index contributed by atoms with van der Waals surface area (Å²) in [5.41, 5.74) is 2.54. The zero-order chi connectivity index (χ0) is 13.8. The van der Waals surface area contributed by atoms with E-state index in [1.807, 2.05) is 17.8 Å². The fourth-order valence-electron chi connectivity index (χ4n) is 2.99. The topological polar surface area (TPSA) is 38.3 Å². The summed E-state index contributed by atoms with van der Waals surface area (Å²) in [6, 6.07) is 8.62. The van der Waals surface area contributed by atoms with Gasteiger partial charge in [0.15, 0.2) is 0 Å². The number of rotatable bonds is 3. The fourth-order valence-corrected chi connectivity index (χ4v) is 3.94. The second-order valence-electron chi connectivity index (χ2n) is 5.50. The normalized spacial score (nSPS) is 25.8. The zero-order valence-electron chi connectivity index (χ0n) is 11.6. The van der Waals surface area contributed by atoms with Crippen LogP contribution >= 0.6 is 11.8 Å². The molecule has 0 aromatic heterocycles. The Morgan fingerprint density at radius 1 is 1.40 bits per heavy atom. The van der Waals surface area contributed by atoms with Crippen LogP contribution in [0.15, 0.2) is 24.3 Å². The van der Waals surface area contributed by atoms with E-state index in [1.54, 1.807) is 0 Å². The Kier molecular flexibility index (Phi) is 4.63. The largest absolute Gasteiger partial charge is 0.457 e. The number of esters is 1. The Labute approximate surface area is 124 Å². The van der Waals surface area contributed by atoms with Gasteiger partial charge in [-0.1, -0.05) is 24.3 Å². The lowest BCUT2D eigenvalue weighted by Gasteiger charge is -2.27. The number of benzene rings is 1. The molecular weight excluding hydrogens is 270 g/mol. The average Bonchev–Trinajstić information content (AvgIpc) is 2.48. The van der Waals surface area contributed by atoms with E-state index in [-0.39, 0.29) is 18.1 Å². The number of aryl methyl sites for hydroxylation is 1. The summed E-state index contributed by atoms with van der Waals surface area (Å²) in [6.07, 6.45) is 3.61. The van der Waals surface area contributed by atoms with Crippen LogP contribution in [0.3, 0.4) is 0 Å². The lowest BCUT2D eigenvalue weighted by Crippen LogP contribution is -2.39. The van der Waals surface area contributed by atoms with Crippen LogP contribution in [0.4, 0.5) is 0 Å². The second-order valence-corrected chi connectivity index (χ2v) is 6.65. The summed E-state index contributed by atoms with van der Waals surface area (Å²) in [4.78, 5) is 12.1. The summed E-state index contributed by atoms with van der Waals surface area (Å²) in [5.74, 6) is 2.09. The number of ether oxygens (including phenoxy) is 1. The predicted octanol–water partition coefficient (Wildman–Crippen LogP) is 2.70. The van der Waals surface area contributed by atoms with Crippen molar-refractivity contribution in [2.75, 3.05) is 18.1 Å². The first-order valence-electron chi connectivity index (χ1n) is 7.41. The highest BCUT2D eigenvalue weighted by Gasteiger charge is 2.25. The maximum Gasteiger partial charge on any atom is 0.308 e. The Morgan fingerprint density at radius 2 is 2.30 bits per heavy atom. The number of hydrogen-bond acceptors (Lipinski definition) is 4. The molecule has 1 aromatic rings. The molecular formula is C16H21NO2S. The summed E-state index contributed by atoms with van der Waals surface area (Å²) in [5, 5.41) is 3.38. The molecule has 0 spiro atoms. The van der Waals surface area contributed by atoms with Gasteiger partial charge in [-0.25, -0.2) is 0 Å². The maximum absolute atomic E-state index is 12.1. The molecule has 2 aliphatic rings. The molecule has 0 amide bonds. The van der Waals surface area contributed by atoms with Gasteiger partial charge in [0.25, 0.3) is 0 Å². The molecule has 1 heterocycles. The van der Waals surface area contributed by atoms with E-state index < -0.39 is 0 Å². The number of hydrogen-bond donors (Lipinski definition) is 1. The van der Waals surface area contributed by atoms with Gasteiger partial charge in [-0.05, 0) is 30.4 Å². The molecule has 2 atom stereocenters. The highest BCUT2D eigenvalue weighted by atomic mass is 32.2. The van der Waals surface area contributed by atoms with Crippen molar-refractivity contribution in [3.63, 3.8) is 0 Å². The molecule has 1 saturated heterocycles. The number of carbonyl (C=O) groups excluding carboxylic acids is 1. The minimum absolute atomic E-state index is 0.0382. The molecule has 108 valence electrons. The summed E-state index contributed by atoms with van der Waals surface area (Å²) in [6.45, 7) is 0.995. The first-order chi connectivity index (χ1) is 9.83. The molecule has 1 aliphatic carbocycles. The number of fused-ring (bicyclic) bond motifs is 1. The molecule has 0 saturated carbocycles. The van der Waals surface area contributed by atoms with Crippen LogP contribution in [0, 0.1) is 0 Å². The highest BCUT2D eigenvalue weighted by Crippen LogP contribution is 2.32. The third-order valence-corrected chi connectivity index (χ3v) is 5.13. The van der Waals surface area contributed by atoms with Gasteiger partial charge in [-0.2, -0.15) is 11.8 Å². The van der Waals surface area contributed by atoms with Gasteiger partial charge in [-0.15, -0.1) is 0 Å². The van der Waals surface area contributed by atoms with Gasteiger partial charge >= 0.3 is 5.97 Å². The average molecular weight is 291 g/mol. The predicted molar refractivity (Wildman–Crippen MR) is 81.9 cm³/mol. The van der Waals surface area contributed by atoms with Crippen LogP contribution in [0.5, 0.6) is 0 Å². The second kappa shape index (κ2) is 6.64. The molecule has 2 unspecified atom stereocenters. The molecule has 1 N–H and O–H groups in total. The summed E-state index contributed by atoms with van der Waals surface area (Å²) < 4.78 is 5.73. The van der Waals surface area contributed by atoms with E-state index in [0.29, 0.717) is 6.42 Å². The van der Waals surface area contributed by atoms with Crippen LogP contribution < -0.4 is 5.32 Å². The van der Waals surface area contributed by atoms with Gasteiger partial charge in [0, 0.05) is 24.1 Å². The van der Waals surface area contributed by atoms with Gasteiger partial charge < -0.3 is 10.1 Å². The van der Waals surface area contributed by atoms with E-state index in [4.69, 9.17) is 4.74 Å². The molecule has 0 bridgehead atoms. The van der Waals surface area contributed by atoms with Crippen molar-refractivity contribution in [3.05, 3.63) is 35.4 Å². The van der Waals surface area contributed by atoms with Crippen LogP contribution in [-0.2, 0) is 16.0 Å². The highest BCUT2D eigenvalue weighted by molar-refractivity contribution is 7.99. The third kappa shape index (κ3) is 3.36. The Hall–Kier alpha value is -1.00. The number of nitrogens with one attached hydrogen (secondary N) is 1. The van der Waals surface area contributed by atoms with Gasteiger partial charge in [-0.3, -0.25) is 4.79 Å². The van der Waals surface area contributed by atoms with Gasteiger partial charge in [0.2, 0.25) is 0 Å². The van der Waals surface area contributed by atoms with E-state index in [9.17, 15) is 4.79 Å². The summed E-state index contributed by atoms with van der Waals surface area (Å²) >= 11 is 1.91. The number of carbonyl (C=O) groups is 1. The van der Waals surface area contributed by atoms with Crippen LogP contribution in [-0.4, -0.2) is 30.1 Å². The van der Waals surface area contributed by atoms with Crippen molar-refractivity contribution in [2.24, 2.45) is 0 Å². The van der Waals surface area contributed by atoms with Crippen LogP contribution in [0.2, 0.25) is 0 Å². The minimum atomic E-state index is -0.0632. The molecule has 0 radical (unpaired) electrons. The van der Waals surface area contributed by atoms with Crippen molar-refractivity contribution < 1.29 is 9.53 Å². The lowest BCUT2D eigenvalue weighted by molar-refractivity contribution is -0.150. The zero-order valence-corrected chi connectivity index (χ0v) is 12.5. The van der Waals surface area contributed by atoms with Gasteiger partial charge in [0.05, 0.1) is 6.42 Å². The fraction of sp³-hybridized carbons (Fsp3) is 0.562. The lowest BCUT2D eigenvalue weighted by atomic mass is 9.89. The Bertz CT molecular complexity index is 471. The van der Waals surface area contributed by atoms with E-state index in [1.165, 1.54) is 11.1 Å². The number of thioether (sulfide) groups is 1. The quantitative estimate of drug-likeness (QED) is 0.869. The molecule has 1 fully saturated rings. The van der Waals surface area contributed by atoms with Crippen molar-refractivity contribution in [1.82, 2.24) is 5.32 Å². The van der Waals surface area contributed by atoms with E-state index >= 15 is 0 Å². The van der Waals surface area contributed by atoms with Crippen molar-refractivity contribution >= 4 is 17.7 Å².